The SMILES string of the molecule is CCNC(=NCC(C)N1CCN(CC)CC1)N1CCOC(c2ccccc2C)C1. The smallest absolute Gasteiger partial charge is 0.194 e. The normalized spacial score (nSPS) is 23.2. The Balaban J connectivity index is 1.61. The van der Waals surface area contributed by atoms with Crippen LogP contribution in [0.4, 0.5) is 0 Å². The minimum atomic E-state index is 0.105. The summed E-state index contributed by atoms with van der Waals surface area (Å²) in [6.07, 6.45) is 0.105. The van der Waals surface area contributed by atoms with Crippen molar-refractivity contribution in [2.75, 3.05) is 65.5 Å². The van der Waals surface area contributed by atoms with Crippen molar-refractivity contribution in [3.63, 3.8) is 0 Å². The van der Waals surface area contributed by atoms with Gasteiger partial charge in [-0.3, -0.25) is 9.89 Å². The van der Waals surface area contributed by atoms with Crippen LogP contribution in [0.1, 0.15) is 38.0 Å². The number of rotatable bonds is 6. The van der Waals surface area contributed by atoms with Gasteiger partial charge in [-0.15, -0.1) is 0 Å². The number of hydrogen-bond donors (Lipinski definition) is 1. The molecule has 1 aromatic rings. The Morgan fingerprint density at radius 1 is 1.17 bits per heavy atom. The minimum Gasteiger partial charge on any atom is -0.370 e. The number of guanidine groups is 1. The Hall–Kier alpha value is -1.63. The predicted octanol–water partition coefficient (Wildman–Crippen LogP) is 2.36. The topological polar surface area (TPSA) is 43.3 Å². The summed E-state index contributed by atoms with van der Waals surface area (Å²) in [5, 5.41) is 3.51. The van der Waals surface area contributed by atoms with Gasteiger partial charge in [-0.2, -0.15) is 0 Å². The third kappa shape index (κ3) is 5.93. The number of piperazine rings is 1. The largest absolute Gasteiger partial charge is 0.370 e. The molecule has 162 valence electrons. The van der Waals surface area contributed by atoms with Gasteiger partial charge < -0.3 is 19.9 Å². The lowest BCUT2D eigenvalue weighted by atomic mass is 10.0. The summed E-state index contributed by atoms with van der Waals surface area (Å²) in [5.41, 5.74) is 2.58. The quantitative estimate of drug-likeness (QED) is 0.586. The fourth-order valence-corrected chi connectivity index (χ4v) is 4.26. The van der Waals surface area contributed by atoms with E-state index < -0.39 is 0 Å². The van der Waals surface area contributed by atoms with Crippen molar-refractivity contribution < 1.29 is 4.74 Å². The first-order valence-corrected chi connectivity index (χ1v) is 11.3. The molecule has 0 spiro atoms. The maximum atomic E-state index is 6.11. The number of ether oxygens (including phenoxy) is 1. The molecule has 0 amide bonds. The van der Waals surface area contributed by atoms with Crippen LogP contribution in [0.5, 0.6) is 0 Å². The number of likely N-dealkylation sites (N-methyl/N-ethyl adjacent to an activating group) is 1. The second-order valence-electron chi connectivity index (χ2n) is 8.18. The Bertz CT molecular complexity index is 656. The molecule has 2 heterocycles. The van der Waals surface area contributed by atoms with Crippen molar-refractivity contribution in [1.82, 2.24) is 20.0 Å². The van der Waals surface area contributed by atoms with E-state index in [1.807, 2.05) is 0 Å². The fourth-order valence-electron chi connectivity index (χ4n) is 4.26. The van der Waals surface area contributed by atoms with Gasteiger partial charge in [0.25, 0.3) is 0 Å². The van der Waals surface area contributed by atoms with Crippen molar-refractivity contribution in [2.24, 2.45) is 4.99 Å². The van der Waals surface area contributed by atoms with Crippen LogP contribution in [-0.2, 0) is 4.74 Å². The lowest BCUT2D eigenvalue weighted by Gasteiger charge is -2.38. The highest BCUT2D eigenvalue weighted by Gasteiger charge is 2.26. The lowest BCUT2D eigenvalue weighted by Crippen LogP contribution is -2.51. The van der Waals surface area contributed by atoms with Crippen LogP contribution >= 0.6 is 0 Å². The first-order valence-electron chi connectivity index (χ1n) is 11.3. The molecule has 0 aromatic heterocycles. The third-order valence-electron chi connectivity index (χ3n) is 6.22. The monoisotopic (exact) mass is 401 g/mol. The Labute approximate surface area is 176 Å². The van der Waals surface area contributed by atoms with E-state index in [2.05, 4.69) is 72.0 Å². The van der Waals surface area contributed by atoms with Crippen molar-refractivity contribution >= 4 is 5.96 Å². The summed E-state index contributed by atoms with van der Waals surface area (Å²) in [6.45, 7) is 18.8. The molecule has 0 radical (unpaired) electrons. The molecule has 2 saturated heterocycles. The Kier molecular flexibility index (Phi) is 8.33. The molecular weight excluding hydrogens is 362 g/mol. The van der Waals surface area contributed by atoms with Gasteiger partial charge in [-0.1, -0.05) is 31.2 Å². The molecular formula is C23H39N5O. The van der Waals surface area contributed by atoms with E-state index >= 15 is 0 Å². The number of nitrogens with one attached hydrogen (secondary N) is 1. The maximum Gasteiger partial charge on any atom is 0.194 e. The van der Waals surface area contributed by atoms with Crippen molar-refractivity contribution in [3.05, 3.63) is 35.4 Å². The molecule has 2 atom stereocenters. The van der Waals surface area contributed by atoms with Gasteiger partial charge in [0.05, 0.1) is 19.7 Å². The molecule has 2 fully saturated rings. The van der Waals surface area contributed by atoms with E-state index in [1.54, 1.807) is 0 Å². The molecule has 0 saturated carbocycles. The molecule has 2 unspecified atom stereocenters. The van der Waals surface area contributed by atoms with Crippen LogP contribution in [0.15, 0.2) is 29.3 Å². The standard InChI is InChI=1S/C23H39N5O/c1-5-24-23(25-17-20(4)27-13-11-26(6-2)12-14-27)28-15-16-29-22(18-28)21-10-8-7-9-19(21)3/h7-10,20,22H,5-6,11-18H2,1-4H3,(H,24,25). The number of aliphatic imine (C=N–C) groups is 1. The molecule has 1 N–H and O–H groups in total. The summed E-state index contributed by atoms with van der Waals surface area (Å²) < 4.78 is 6.11. The summed E-state index contributed by atoms with van der Waals surface area (Å²) >= 11 is 0. The van der Waals surface area contributed by atoms with E-state index in [4.69, 9.17) is 9.73 Å². The van der Waals surface area contributed by atoms with E-state index in [1.165, 1.54) is 24.2 Å². The number of morpholine rings is 1. The predicted molar refractivity (Wildman–Crippen MR) is 121 cm³/mol. The third-order valence-corrected chi connectivity index (χ3v) is 6.22. The first kappa shape index (κ1) is 22.1. The van der Waals surface area contributed by atoms with Gasteiger partial charge in [0.1, 0.15) is 6.10 Å². The number of aryl methyl sites for hydroxylation is 1. The molecule has 3 rings (SSSR count). The first-order chi connectivity index (χ1) is 14.1. The summed E-state index contributed by atoms with van der Waals surface area (Å²) in [6, 6.07) is 9.01. The van der Waals surface area contributed by atoms with E-state index in [9.17, 15) is 0 Å². The van der Waals surface area contributed by atoms with Crippen LogP contribution in [0.2, 0.25) is 0 Å². The zero-order valence-corrected chi connectivity index (χ0v) is 18.7. The molecule has 29 heavy (non-hydrogen) atoms. The molecule has 6 nitrogen and oxygen atoms in total. The molecule has 2 aliphatic rings. The highest BCUT2D eigenvalue weighted by Crippen LogP contribution is 2.25. The lowest BCUT2D eigenvalue weighted by molar-refractivity contribution is -0.00838. The molecule has 2 aliphatic heterocycles. The second kappa shape index (κ2) is 11.0. The number of nitrogens with zero attached hydrogens (tertiary/aromatic N) is 4. The Morgan fingerprint density at radius 3 is 2.62 bits per heavy atom. The van der Waals surface area contributed by atoms with Gasteiger partial charge in [0.2, 0.25) is 0 Å². The van der Waals surface area contributed by atoms with Crippen molar-refractivity contribution in [1.29, 1.82) is 0 Å². The summed E-state index contributed by atoms with van der Waals surface area (Å²) in [4.78, 5) is 12.5. The highest BCUT2D eigenvalue weighted by molar-refractivity contribution is 5.80. The average molecular weight is 402 g/mol. The maximum absolute atomic E-state index is 6.11. The van der Waals surface area contributed by atoms with Crippen LogP contribution in [-0.4, -0.2) is 92.2 Å². The average Bonchev–Trinajstić information content (AvgIpc) is 2.77. The van der Waals surface area contributed by atoms with Crippen LogP contribution in [0, 0.1) is 6.92 Å². The molecule has 6 heteroatoms. The molecule has 0 aliphatic carbocycles. The highest BCUT2D eigenvalue weighted by atomic mass is 16.5. The molecule has 1 aromatic carbocycles. The van der Waals surface area contributed by atoms with E-state index in [0.29, 0.717) is 6.04 Å². The van der Waals surface area contributed by atoms with E-state index in [-0.39, 0.29) is 6.10 Å². The summed E-state index contributed by atoms with van der Waals surface area (Å²) in [7, 11) is 0. The summed E-state index contributed by atoms with van der Waals surface area (Å²) in [5.74, 6) is 1.02. The Morgan fingerprint density at radius 2 is 1.93 bits per heavy atom. The van der Waals surface area contributed by atoms with Gasteiger partial charge in [-0.25, -0.2) is 0 Å². The van der Waals surface area contributed by atoms with Gasteiger partial charge >= 0.3 is 0 Å². The van der Waals surface area contributed by atoms with Crippen LogP contribution in [0.3, 0.4) is 0 Å². The van der Waals surface area contributed by atoms with Crippen LogP contribution in [0.25, 0.3) is 0 Å². The zero-order valence-electron chi connectivity index (χ0n) is 18.7. The molecule has 0 bridgehead atoms. The van der Waals surface area contributed by atoms with Gasteiger partial charge in [0, 0.05) is 45.3 Å². The van der Waals surface area contributed by atoms with Gasteiger partial charge in [-0.05, 0) is 38.4 Å². The van der Waals surface area contributed by atoms with Gasteiger partial charge in [0.15, 0.2) is 5.96 Å². The fraction of sp³-hybridized carbons (Fsp3) is 0.696. The van der Waals surface area contributed by atoms with Crippen LogP contribution < -0.4 is 5.32 Å². The van der Waals surface area contributed by atoms with E-state index in [0.717, 1.165) is 58.4 Å². The number of hydrogen-bond acceptors (Lipinski definition) is 4. The minimum absolute atomic E-state index is 0.105. The second-order valence-corrected chi connectivity index (χ2v) is 8.18. The zero-order chi connectivity index (χ0) is 20.6. The number of benzene rings is 1. The van der Waals surface area contributed by atoms with Crippen molar-refractivity contribution in [3.8, 4) is 0 Å². The van der Waals surface area contributed by atoms with Crippen molar-refractivity contribution in [2.45, 2.75) is 39.8 Å².